The van der Waals surface area contributed by atoms with Crippen molar-refractivity contribution in [2.75, 3.05) is 6.61 Å². The molecule has 1 aromatic carbocycles. The maximum atomic E-state index is 12.6. The Morgan fingerprint density at radius 3 is 2.38 bits per heavy atom. The van der Waals surface area contributed by atoms with E-state index in [1.807, 2.05) is 0 Å². The summed E-state index contributed by atoms with van der Waals surface area (Å²) < 4.78 is 64.5. The van der Waals surface area contributed by atoms with Gasteiger partial charge in [-0.3, -0.25) is 0 Å². The number of benzene rings is 1. The zero-order chi connectivity index (χ0) is 16.3. The average molecular weight is 325 g/mol. The van der Waals surface area contributed by atoms with Crippen LogP contribution in [-0.2, 0) is 16.2 Å². The van der Waals surface area contributed by atoms with Crippen LogP contribution in [0.4, 0.5) is 13.2 Å². The summed E-state index contributed by atoms with van der Waals surface area (Å²) in [6.45, 7) is 3.30. The number of nitrogens with one attached hydrogen (secondary N) is 1. The first-order chi connectivity index (χ1) is 9.58. The Kier molecular flexibility index (Phi) is 5.77. The van der Waals surface area contributed by atoms with Crippen LogP contribution >= 0.6 is 0 Å². The lowest BCUT2D eigenvalue weighted by Gasteiger charge is -2.21. The Balaban J connectivity index is 3.08. The van der Waals surface area contributed by atoms with Crippen molar-refractivity contribution in [1.82, 2.24) is 4.72 Å². The third kappa shape index (κ3) is 4.98. The van der Waals surface area contributed by atoms with Gasteiger partial charge in [0.1, 0.15) is 0 Å². The van der Waals surface area contributed by atoms with Gasteiger partial charge in [-0.05, 0) is 30.5 Å². The fraction of sp³-hybridized carbons (Fsp3) is 0.538. The number of rotatable bonds is 6. The Morgan fingerprint density at radius 2 is 1.90 bits per heavy atom. The van der Waals surface area contributed by atoms with Gasteiger partial charge in [0.05, 0.1) is 10.5 Å². The standard InChI is InChI=1S/C13H18F3NO3S/c1-9(2)12(6-7-18)17-21(19,20)11-5-3-4-10(8-11)13(14,15)16/h3-5,8-9,12,17-18H,6-7H2,1-2H3. The van der Waals surface area contributed by atoms with E-state index in [2.05, 4.69) is 4.72 Å². The number of hydrogen-bond donors (Lipinski definition) is 2. The molecular formula is C13H18F3NO3S. The maximum Gasteiger partial charge on any atom is 0.416 e. The fourth-order valence-electron chi connectivity index (χ4n) is 1.77. The third-order valence-electron chi connectivity index (χ3n) is 3.02. The molecule has 0 radical (unpaired) electrons. The van der Waals surface area contributed by atoms with Crippen LogP contribution in [0.1, 0.15) is 25.8 Å². The first-order valence-electron chi connectivity index (χ1n) is 6.38. The number of aliphatic hydroxyl groups is 1. The molecular weight excluding hydrogens is 307 g/mol. The SMILES string of the molecule is CC(C)C(CCO)NS(=O)(=O)c1cccc(C(F)(F)F)c1. The first kappa shape index (κ1) is 17.9. The van der Waals surface area contributed by atoms with Crippen LogP contribution in [0, 0.1) is 5.92 Å². The molecule has 8 heteroatoms. The molecule has 0 aliphatic rings. The number of aliphatic hydroxyl groups excluding tert-OH is 1. The summed E-state index contributed by atoms with van der Waals surface area (Å²) >= 11 is 0. The Hall–Kier alpha value is -1.12. The van der Waals surface area contributed by atoms with Gasteiger partial charge in [0, 0.05) is 12.6 Å². The molecule has 0 fully saturated rings. The van der Waals surface area contributed by atoms with Gasteiger partial charge in [-0.25, -0.2) is 13.1 Å². The Morgan fingerprint density at radius 1 is 1.29 bits per heavy atom. The molecule has 0 saturated carbocycles. The van der Waals surface area contributed by atoms with Crippen molar-refractivity contribution in [1.29, 1.82) is 0 Å². The summed E-state index contributed by atoms with van der Waals surface area (Å²) in [6, 6.07) is 3.02. The van der Waals surface area contributed by atoms with Gasteiger partial charge in [-0.2, -0.15) is 13.2 Å². The predicted molar refractivity (Wildman–Crippen MR) is 72.1 cm³/mol. The molecule has 1 rings (SSSR count). The van der Waals surface area contributed by atoms with E-state index in [-0.39, 0.29) is 18.9 Å². The van der Waals surface area contributed by atoms with Gasteiger partial charge in [0.2, 0.25) is 10.0 Å². The van der Waals surface area contributed by atoms with E-state index in [0.717, 1.165) is 18.2 Å². The molecule has 21 heavy (non-hydrogen) atoms. The molecule has 0 aliphatic carbocycles. The highest BCUT2D eigenvalue weighted by molar-refractivity contribution is 7.89. The molecule has 0 spiro atoms. The summed E-state index contributed by atoms with van der Waals surface area (Å²) in [6.07, 6.45) is -4.41. The summed E-state index contributed by atoms with van der Waals surface area (Å²) in [5.41, 5.74) is -1.02. The van der Waals surface area contributed by atoms with Crippen LogP contribution in [0.15, 0.2) is 29.2 Å². The van der Waals surface area contributed by atoms with E-state index in [9.17, 15) is 21.6 Å². The van der Waals surface area contributed by atoms with Crippen LogP contribution < -0.4 is 4.72 Å². The lowest BCUT2D eigenvalue weighted by Crippen LogP contribution is -2.39. The summed E-state index contributed by atoms with van der Waals surface area (Å²) in [7, 11) is -4.07. The normalized spacial score (nSPS) is 14.4. The van der Waals surface area contributed by atoms with E-state index < -0.39 is 32.7 Å². The highest BCUT2D eigenvalue weighted by Crippen LogP contribution is 2.30. The topological polar surface area (TPSA) is 66.4 Å². The van der Waals surface area contributed by atoms with Crippen molar-refractivity contribution in [3.63, 3.8) is 0 Å². The summed E-state index contributed by atoms with van der Waals surface area (Å²) in [5, 5.41) is 8.92. The average Bonchev–Trinajstić information content (AvgIpc) is 2.37. The van der Waals surface area contributed by atoms with Crippen LogP contribution in [-0.4, -0.2) is 26.2 Å². The van der Waals surface area contributed by atoms with Crippen LogP contribution in [0.2, 0.25) is 0 Å². The van der Waals surface area contributed by atoms with E-state index in [4.69, 9.17) is 5.11 Å². The van der Waals surface area contributed by atoms with Gasteiger partial charge >= 0.3 is 6.18 Å². The number of halogens is 3. The Labute approximate surface area is 122 Å². The van der Waals surface area contributed by atoms with E-state index in [0.29, 0.717) is 6.07 Å². The van der Waals surface area contributed by atoms with Crippen LogP contribution in [0.25, 0.3) is 0 Å². The van der Waals surface area contributed by atoms with Crippen molar-refractivity contribution >= 4 is 10.0 Å². The molecule has 0 aliphatic heterocycles. The fourth-order valence-corrected chi connectivity index (χ4v) is 3.24. The second-order valence-corrected chi connectivity index (χ2v) is 6.72. The van der Waals surface area contributed by atoms with Crippen molar-refractivity contribution in [2.45, 2.75) is 37.4 Å². The first-order valence-corrected chi connectivity index (χ1v) is 7.86. The molecule has 2 N–H and O–H groups in total. The molecule has 120 valence electrons. The van der Waals surface area contributed by atoms with Crippen LogP contribution in [0.5, 0.6) is 0 Å². The van der Waals surface area contributed by atoms with Crippen molar-refractivity contribution in [2.24, 2.45) is 5.92 Å². The van der Waals surface area contributed by atoms with E-state index in [1.54, 1.807) is 13.8 Å². The number of hydrogen-bond acceptors (Lipinski definition) is 3. The van der Waals surface area contributed by atoms with Gasteiger partial charge in [0.25, 0.3) is 0 Å². The molecule has 1 aromatic rings. The second-order valence-electron chi connectivity index (χ2n) is 5.01. The third-order valence-corrected chi connectivity index (χ3v) is 4.51. The molecule has 4 nitrogen and oxygen atoms in total. The quantitative estimate of drug-likeness (QED) is 0.844. The van der Waals surface area contributed by atoms with Gasteiger partial charge in [0.15, 0.2) is 0 Å². The highest BCUT2D eigenvalue weighted by atomic mass is 32.2. The molecule has 1 atom stereocenters. The van der Waals surface area contributed by atoms with Crippen molar-refractivity contribution in [3.05, 3.63) is 29.8 Å². The largest absolute Gasteiger partial charge is 0.416 e. The molecule has 0 saturated heterocycles. The minimum atomic E-state index is -4.60. The summed E-state index contributed by atoms with van der Waals surface area (Å²) in [5.74, 6) is -0.0993. The minimum absolute atomic E-state index is 0.0993. The minimum Gasteiger partial charge on any atom is -0.396 e. The molecule has 0 bridgehead atoms. The smallest absolute Gasteiger partial charge is 0.396 e. The van der Waals surface area contributed by atoms with E-state index >= 15 is 0 Å². The lowest BCUT2D eigenvalue weighted by molar-refractivity contribution is -0.137. The Bertz CT molecular complexity index is 570. The second kappa shape index (κ2) is 6.76. The molecule has 0 amide bonds. The van der Waals surface area contributed by atoms with Crippen LogP contribution in [0.3, 0.4) is 0 Å². The van der Waals surface area contributed by atoms with Crippen molar-refractivity contribution < 1.29 is 26.7 Å². The number of sulfonamides is 1. The molecule has 1 unspecified atom stereocenters. The monoisotopic (exact) mass is 325 g/mol. The zero-order valence-corrected chi connectivity index (χ0v) is 12.5. The molecule has 0 heterocycles. The summed E-state index contributed by atoms with van der Waals surface area (Å²) in [4.78, 5) is -0.444. The van der Waals surface area contributed by atoms with Gasteiger partial charge < -0.3 is 5.11 Å². The number of alkyl halides is 3. The molecule has 0 aromatic heterocycles. The van der Waals surface area contributed by atoms with E-state index in [1.165, 1.54) is 0 Å². The highest BCUT2D eigenvalue weighted by Gasteiger charge is 2.32. The van der Waals surface area contributed by atoms with Crippen molar-refractivity contribution in [3.8, 4) is 0 Å². The maximum absolute atomic E-state index is 12.6. The van der Waals surface area contributed by atoms with Gasteiger partial charge in [-0.1, -0.05) is 19.9 Å². The predicted octanol–water partition coefficient (Wildman–Crippen LogP) is 2.39. The zero-order valence-electron chi connectivity index (χ0n) is 11.7. The van der Waals surface area contributed by atoms with Gasteiger partial charge in [-0.15, -0.1) is 0 Å². The lowest BCUT2D eigenvalue weighted by atomic mass is 10.0.